The lowest BCUT2D eigenvalue weighted by molar-refractivity contribution is -0.309. The number of amides is 1. The number of rotatable bonds is 6. The van der Waals surface area contributed by atoms with Crippen molar-refractivity contribution in [3.05, 3.63) is 40.9 Å². The van der Waals surface area contributed by atoms with Gasteiger partial charge in [-0.15, -0.1) is 0 Å². The SMILES string of the molecule is CC[C@@H](C)[C@H](NC(=O)[C@H](C)n1cnc2ccccc2c1=O)C(=O)[O-]. The van der Waals surface area contributed by atoms with Crippen molar-refractivity contribution in [3.8, 4) is 0 Å². The second kappa shape index (κ2) is 7.25. The third-order valence-corrected chi connectivity index (χ3v) is 4.25. The van der Waals surface area contributed by atoms with Crippen LogP contribution in [0.4, 0.5) is 0 Å². The molecular weight excluding hydrogens is 310 g/mol. The number of aliphatic carboxylic acids is 1. The van der Waals surface area contributed by atoms with Crippen LogP contribution in [-0.2, 0) is 9.59 Å². The molecule has 0 aliphatic heterocycles. The van der Waals surface area contributed by atoms with Crippen LogP contribution in [0.3, 0.4) is 0 Å². The Morgan fingerprint density at radius 3 is 2.58 bits per heavy atom. The van der Waals surface area contributed by atoms with E-state index in [1.807, 2.05) is 6.92 Å². The minimum Gasteiger partial charge on any atom is -0.548 e. The van der Waals surface area contributed by atoms with Gasteiger partial charge in [-0.2, -0.15) is 0 Å². The average Bonchev–Trinajstić information content (AvgIpc) is 2.58. The predicted octanol–water partition coefficient (Wildman–Crippen LogP) is 0.238. The number of hydrogen-bond acceptors (Lipinski definition) is 5. The maximum Gasteiger partial charge on any atom is 0.261 e. The molecule has 0 fully saturated rings. The molecule has 7 heteroatoms. The number of fused-ring (bicyclic) bond motifs is 1. The first-order chi connectivity index (χ1) is 11.4. The third kappa shape index (κ3) is 3.45. The molecule has 2 aromatic rings. The molecule has 0 bridgehead atoms. The molecule has 1 aromatic carbocycles. The van der Waals surface area contributed by atoms with Crippen LogP contribution in [-0.4, -0.2) is 27.5 Å². The van der Waals surface area contributed by atoms with Crippen LogP contribution in [0.2, 0.25) is 0 Å². The van der Waals surface area contributed by atoms with Crippen LogP contribution in [0.1, 0.15) is 33.2 Å². The highest BCUT2D eigenvalue weighted by Gasteiger charge is 2.24. The summed E-state index contributed by atoms with van der Waals surface area (Å²) in [5.74, 6) is -2.19. The number of carboxylic acids is 1. The second-order valence-corrected chi connectivity index (χ2v) is 5.84. The number of carbonyl (C=O) groups excluding carboxylic acids is 2. The number of para-hydroxylation sites is 1. The summed E-state index contributed by atoms with van der Waals surface area (Å²) >= 11 is 0. The molecule has 1 aromatic heterocycles. The predicted molar refractivity (Wildman–Crippen MR) is 87.1 cm³/mol. The van der Waals surface area contributed by atoms with Gasteiger partial charge in [-0.05, 0) is 25.0 Å². The zero-order valence-electron chi connectivity index (χ0n) is 13.9. The number of nitrogens with zero attached hydrogens (tertiary/aromatic N) is 2. The largest absolute Gasteiger partial charge is 0.548 e. The zero-order chi connectivity index (χ0) is 17.9. The van der Waals surface area contributed by atoms with E-state index in [4.69, 9.17) is 0 Å². The summed E-state index contributed by atoms with van der Waals surface area (Å²) in [6.07, 6.45) is 1.87. The minimum atomic E-state index is -1.34. The van der Waals surface area contributed by atoms with E-state index in [-0.39, 0.29) is 11.5 Å². The molecule has 0 aliphatic rings. The van der Waals surface area contributed by atoms with E-state index < -0.39 is 24.0 Å². The Kier molecular flexibility index (Phi) is 5.33. The van der Waals surface area contributed by atoms with Gasteiger partial charge < -0.3 is 15.2 Å². The van der Waals surface area contributed by atoms with E-state index in [0.717, 1.165) is 0 Å². The van der Waals surface area contributed by atoms with Gasteiger partial charge in [0, 0.05) is 0 Å². The lowest BCUT2D eigenvalue weighted by atomic mass is 9.99. The molecule has 1 heterocycles. The molecule has 0 aliphatic carbocycles. The van der Waals surface area contributed by atoms with E-state index in [2.05, 4.69) is 10.3 Å². The Morgan fingerprint density at radius 2 is 1.96 bits per heavy atom. The summed E-state index contributed by atoms with van der Waals surface area (Å²) in [4.78, 5) is 40.3. The second-order valence-electron chi connectivity index (χ2n) is 5.84. The average molecular weight is 330 g/mol. The molecule has 24 heavy (non-hydrogen) atoms. The molecule has 128 valence electrons. The zero-order valence-corrected chi connectivity index (χ0v) is 13.9. The number of carboxylic acid groups (broad SMARTS) is 1. The van der Waals surface area contributed by atoms with Crippen molar-refractivity contribution >= 4 is 22.8 Å². The molecule has 0 spiro atoms. The van der Waals surface area contributed by atoms with Crippen molar-refractivity contribution in [2.75, 3.05) is 0 Å². The topological polar surface area (TPSA) is 104 Å². The number of hydrogen-bond donors (Lipinski definition) is 1. The van der Waals surface area contributed by atoms with Crippen LogP contribution in [0.5, 0.6) is 0 Å². The fraction of sp³-hybridized carbons (Fsp3) is 0.412. The molecule has 7 nitrogen and oxygen atoms in total. The van der Waals surface area contributed by atoms with Crippen LogP contribution >= 0.6 is 0 Å². The summed E-state index contributed by atoms with van der Waals surface area (Å²) in [6, 6.07) is 4.84. The van der Waals surface area contributed by atoms with Crippen molar-refractivity contribution < 1.29 is 14.7 Å². The molecule has 2 rings (SSSR count). The Balaban J connectivity index is 2.29. The van der Waals surface area contributed by atoms with E-state index in [1.54, 1.807) is 31.2 Å². The molecule has 1 N–H and O–H groups in total. The number of nitrogens with one attached hydrogen (secondary N) is 1. The lowest BCUT2D eigenvalue weighted by Gasteiger charge is -2.27. The highest BCUT2D eigenvalue weighted by atomic mass is 16.4. The van der Waals surface area contributed by atoms with Crippen molar-refractivity contribution in [2.24, 2.45) is 5.92 Å². The maximum atomic E-state index is 12.5. The van der Waals surface area contributed by atoms with E-state index in [0.29, 0.717) is 17.3 Å². The number of carbonyl (C=O) groups is 2. The van der Waals surface area contributed by atoms with E-state index >= 15 is 0 Å². The van der Waals surface area contributed by atoms with Gasteiger partial charge in [0.25, 0.3) is 5.56 Å². The van der Waals surface area contributed by atoms with Crippen LogP contribution in [0.25, 0.3) is 10.9 Å². The molecule has 0 unspecified atom stereocenters. The fourth-order valence-corrected chi connectivity index (χ4v) is 2.43. The quantitative estimate of drug-likeness (QED) is 0.817. The highest BCUT2D eigenvalue weighted by molar-refractivity contribution is 5.85. The minimum absolute atomic E-state index is 0.280. The number of aromatic nitrogens is 2. The first kappa shape index (κ1) is 17.7. The number of benzene rings is 1. The maximum absolute atomic E-state index is 12.5. The molecule has 0 saturated heterocycles. The van der Waals surface area contributed by atoms with Gasteiger partial charge in [-0.3, -0.25) is 14.2 Å². The fourth-order valence-electron chi connectivity index (χ4n) is 2.43. The first-order valence-corrected chi connectivity index (χ1v) is 7.84. The summed E-state index contributed by atoms with van der Waals surface area (Å²) in [6.45, 7) is 5.07. The van der Waals surface area contributed by atoms with Gasteiger partial charge in [0.05, 0.1) is 29.2 Å². The summed E-state index contributed by atoms with van der Waals surface area (Å²) < 4.78 is 1.20. The molecular formula is C17H20N3O4-. The smallest absolute Gasteiger partial charge is 0.261 e. The molecule has 3 atom stereocenters. The van der Waals surface area contributed by atoms with Crippen molar-refractivity contribution in [3.63, 3.8) is 0 Å². The van der Waals surface area contributed by atoms with Crippen molar-refractivity contribution in [2.45, 2.75) is 39.3 Å². The summed E-state index contributed by atoms with van der Waals surface area (Å²) in [7, 11) is 0. The van der Waals surface area contributed by atoms with Crippen LogP contribution < -0.4 is 16.0 Å². The van der Waals surface area contributed by atoms with Crippen molar-refractivity contribution in [1.82, 2.24) is 14.9 Å². The van der Waals surface area contributed by atoms with Gasteiger partial charge in [-0.25, -0.2) is 4.98 Å². The molecule has 1 amide bonds. The third-order valence-electron chi connectivity index (χ3n) is 4.25. The van der Waals surface area contributed by atoms with Gasteiger partial charge in [0.2, 0.25) is 5.91 Å². The van der Waals surface area contributed by atoms with Gasteiger partial charge in [0.15, 0.2) is 0 Å². The summed E-state index contributed by atoms with van der Waals surface area (Å²) in [5, 5.41) is 14.1. The van der Waals surface area contributed by atoms with Gasteiger partial charge in [0.1, 0.15) is 6.04 Å². The standard InChI is InChI=1S/C17H21N3O4/c1-4-10(2)14(17(23)24)19-15(21)11(3)20-9-18-13-8-6-5-7-12(13)16(20)22/h5-11,14H,4H2,1-3H3,(H,19,21)(H,23,24)/p-1/t10-,11+,14+/m1/s1. The van der Waals surface area contributed by atoms with Gasteiger partial charge >= 0.3 is 0 Å². The Bertz CT molecular complexity index is 815. The molecule has 0 saturated carbocycles. The van der Waals surface area contributed by atoms with Crippen molar-refractivity contribution in [1.29, 1.82) is 0 Å². The Hall–Kier alpha value is -2.70. The van der Waals surface area contributed by atoms with E-state index in [1.165, 1.54) is 17.8 Å². The van der Waals surface area contributed by atoms with E-state index in [9.17, 15) is 19.5 Å². The Morgan fingerprint density at radius 1 is 1.29 bits per heavy atom. The first-order valence-electron chi connectivity index (χ1n) is 7.84. The molecule has 0 radical (unpaired) electrons. The van der Waals surface area contributed by atoms with Gasteiger partial charge in [-0.1, -0.05) is 32.4 Å². The monoisotopic (exact) mass is 330 g/mol. The summed E-state index contributed by atoms with van der Waals surface area (Å²) in [5.41, 5.74) is 0.190. The highest BCUT2D eigenvalue weighted by Crippen LogP contribution is 2.11. The Labute approximate surface area is 139 Å². The normalized spacial score (nSPS) is 14.8. The van der Waals surface area contributed by atoms with Crippen LogP contribution in [0, 0.1) is 5.92 Å². The lowest BCUT2D eigenvalue weighted by Crippen LogP contribution is -2.53. The van der Waals surface area contributed by atoms with Crippen LogP contribution in [0.15, 0.2) is 35.4 Å².